The van der Waals surface area contributed by atoms with Crippen LogP contribution in [-0.4, -0.2) is 20.3 Å². The van der Waals surface area contributed by atoms with Gasteiger partial charge in [-0.15, -0.1) is 10.2 Å². The van der Waals surface area contributed by atoms with Gasteiger partial charge in [0.1, 0.15) is 5.75 Å². The molecule has 0 fully saturated rings. The number of halogens is 1. The third-order valence-electron chi connectivity index (χ3n) is 4.01. The van der Waals surface area contributed by atoms with Crippen molar-refractivity contribution in [3.63, 3.8) is 0 Å². The standard InChI is InChI=1S/C20H17BrN4O3S/c1-12-6-7-13(2)16(8-12)26-10-17-23-24-20(27-17)29-11-18-22-19(25-28-18)14-4-3-5-15(21)9-14/h3-9H,10-11H2,1-2H3. The fraction of sp³-hybridized carbons (Fsp3) is 0.200. The number of benzene rings is 2. The summed E-state index contributed by atoms with van der Waals surface area (Å²) < 4.78 is 17.7. The Labute approximate surface area is 180 Å². The van der Waals surface area contributed by atoms with E-state index in [9.17, 15) is 0 Å². The van der Waals surface area contributed by atoms with E-state index in [1.165, 1.54) is 11.8 Å². The molecule has 0 N–H and O–H groups in total. The van der Waals surface area contributed by atoms with Crippen LogP contribution in [0.15, 0.2) is 61.1 Å². The normalized spacial score (nSPS) is 11.0. The van der Waals surface area contributed by atoms with E-state index in [4.69, 9.17) is 13.7 Å². The van der Waals surface area contributed by atoms with Crippen LogP contribution in [0, 0.1) is 13.8 Å². The summed E-state index contributed by atoms with van der Waals surface area (Å²) in [4.78, 5) is 4.40. The lowest BCUT2D eigenvalue weighted by atomic mass is 10.1. The number of nitrogens with zero attached hydrogens (tertiary/aromatic N) is 4. The van der Waals surface area contributed by atoms with Gasteiger partial charge >= 0.3 is 0 Å². The van der Waals surface area contributed by atoms with Gasteiger partial charge in [0, 0.05) is 10.0 Å². The molecule has 2 heterocycles. The molecule has 0 spiro atoms. The van der Waals surface area contributed by atoms with E-state index in [0.29, 0.717) is 28.6 Å². The molecular weight excluding hydrogens is 456 g/mol. The van der Waals surface area contributed by atoms with E-state index in [1.807, 2.05) is 56.3 Å². The predicted molar refractivity (Wildman–Crippen MR) is 112 cm³/mol. The Hall–Kier alpha value is -2.65. The molecule has 2 aromatic carbocycles. The SMILES string of the molecule is Cc1ccc(C)c(OCc2nnc(SCc3nc(-c4cccc(Br)c4)no3)o2)c1. The Morgan fingerprint density at radius 3 is 2.83 bits per heavy atom. The van der Waals surface area contributed by atoms with Crippen molar-refractivity contribution < 1.29 is 13.7 Å². The third kappa shape index (κ3) is 5.04. The summed E-state index contributed by atoms with van der Waals surface area (Å²) in [6.45, 7) is 4.23. The topological polar surface area (TPSA) is 87.1 Å². The molecule has 29 heavy (non-hydrogen) atoms. The predicted octanol–water partition coefficient (Wildman–Crippen LogP) is 5.37. The van der Waals surface area contributed by atoms with Crippen LogP contribution in [0.4, 0.5) is 0 Å². The van der Waals surface area contributed by atoms with Gasteiger partial charge in [-0.3, -0.25) is 0 Å². The second kappa shape index (κ2) is 8.79. The molecule has 2 aromatic heterocycles. The van der Waals surface area contributed by atoms with Crippen molar-refractivity contribution >= 4 is 27.7 Å². The van der Waals surface area contributed by atoms with E-state index in [1.54, 1.807) is 0 Å². The van der Waals surface area contributed by atoms with Gasteiger partial charge in [-0.1, -0.05) is 57.1 Å². The highest BCUT2D eigenvalue weighted by molar-refractivity contribution is 9.10. The van der Waals surface area contributed by atoms with Crippen LogP contribution in [-0.2, 0) is 12.4 Å². The monoisotopic (exact) mass is 472 g/mol. The highest BCUT2D eigenvalue weighted by Gasteiger charge is 2.13. The van der Waals surface area contributed by atoms with E-state index < -0.39 is 0 Å². The molecule has 0 amide bonds. The van der Waals surface area contributed by atoms with Crippen molar-refractivity contribution in [1.82, 2.24) is 20.3 Å². The van der Waals surface area contributed by atoms with Crippen LogP contribution in [0.3, 0.4) is 0 Å². The van der Waals surface area contributed by atoms with Gasteiger partial charge in [-0.25, -0.2) is 0 Å². The molecule has 4 rings (SSSR count). The number of rotatable bonds is 7. The van der Waals surface area contributed by atoms with Gasteiger partial charge in [0.05, 0.1) is 5.75 Å². The Morgan fingerprint density at radius 2 is 1.97 bits per heavy atom. The molecule has 7 nitrogen and oxygen atoms in total. The van der Waals surface area contributed by atoms with Crippen molar-refractivity contribution in [3.05, 3.63) is 69.8 Å². The number of aryl methyl sites for hydroxylation is 2. The molecule has 0 aliphatic heterocycles. The second-order valence-electron chi connectivity index (χ2n) is 6.33. The fourth-order valence-corrected chi connectivity index (χ4v) is 3.56. The van der Waals surface area contributed by atoms with Gasteiger partial charge in [-0.05, 0) is 43.2 Å². The minimum atomic E-state index is 0.214. The first-order valence-electron chi connectivity index (χ1n) is 8.80. The molecule has 0 atom stereocenters. The summed E-state index contributed by atoms with van der Waals surface area (Å²) in [6, 6.07) is 13.8. The van der Waals surface area contributed by atoms with Crippen LogP contribution in [0.5, 0.6) is 5.75 Å². The molecule has 0 saturated heterocycles. The van der Waals surface area contributed by atoms with Gasteiger partial charge in [-0.2, -0.15) is 4.98 Å². The highest BCUT2D eigenvalue weighted by Crippen LogP contribution is 2.25. The minimum absolute atomic E-state index is 0.214. The first kappa shape index (κ1) is 19.7. The van der Waals surface area contributed by atoms with Gasteiger partial charge < -0.3 is 13.7 Å². The molecule has 148 valence electrons. The average Bonchev–Trinajstić information content (AvgIpc) is 3.36. The molecule has 9 heteroatoms. The van der Waals surface area contributed by atoms with Crippen LogP contribution in [0.1, 0.15) is 22.9 Å². The van der Waals surface area contributed by atoms with Crippen LogP contribution in [0.25, 0.3) is 11.4 Å². The molecule has 0 aliphatic rings. The van der Waals surface area contributed by atoms with Crippen LogP contribution >= 0.6 is 27.7 Å². The number of hydrogen-bond acceptors (Lipinski definition) is 8. The van der Waals surface area contributed by atoms with E-state index in [0.717, 1.165) is 26.9 Å². The summed E-state index contributed by atoms with van der Waals surface area (Å²) in [5.41, 5.74) is 3.07. The average molecular weight is 473 g/mol. The van der Waals surface area contributed by atoms with Crippen LogP contribution < -0.4 is 4.74 Å². The zero-order chi connectivity index (χ0) is 20.2. The van der Waals surface area contributed by atoms with Gasteiger partial charge in [0.25, 0.3) is 11.1 Å². The summed E-state index contributed by atoms with van der Waals surface area (Å²) >= 11 is 4.77. The molecule has 0 unspecified atom stereocenters. The maximum Gasteiger partial charge on any atom is 0.277 e. The third-order valence-corrected chi connectivity index (χ3v) is 5.31. The highest BCUT2D eigenvalue weighted by atomic mass is 79.9. The Balaban J connectivity index is 1.33. The van der Waals surface area contributed by atoms with E-state index in [2.05, 4.69) is 36.3 Å². The van der Waals surface area contributed by atoms with Crippen molar-refractivity contribution in [3.8, 4) is 17.1 Å². The van der Waals surface area contributed by atoms with E-state index >= 15 is 0 Å². The first-order chi connectivity index (χ1) is 14.1. The summed E-state index contributed by atoms with van der Waals surface area (Å²) in [6.07, 6.45) is 0. The van der Waals surface area contributed by atoms with Gasteiger partial charge in [0.15, 0.2) is 6.61 Å². The molecule has 0 bridgehead atoms. The molecule has 0 radical (unpaired) electrons. The number of thioether (sulfide) groups is 1. The van der Waals surface area contributed by atoms with Crippen molar-refractivity contribution in [1.29, 1.82) is 0 Å². The smallest absolute Gasteiger partial charge is 0.277 e. The maximum absolute atomic E-state index is 5.79. The van der Waals surface area contributed by atoms with Crippen molar-refractivity contribution in [2.45, 2.75) is 31.4 Å². The maximum atomic E-state index is 5.79. The second-order valence-corrected chi connectivity index (χ2v) is 8.17. The molecule has 4 aromatic rings. The molecular formula is C20H17BrN4O3S. The van der Waals surface area contributed by atoms with Crippen LogP contribution in [0.2, 0.25) is 0 Å². The zero-order valence-corrected chi connectivity index (χ0v) is 18.2. The largest absolute Gasteiger partial charge is 0.484 e. The number of hydrogen-bond donors (Lipinski definition) is 0. The fourth-order valence-electron chi connectivity index (χ4n) is 2.54. The number of ether oxygens (including phenoxy) is 1. The summed E-state index contributed by atoms with van der Waals surface area (Å²) in [5, 5.41) is 12.5. The summed E-state index contributed by atoms with van der Waals surface area (Å²) in [5.74, 6) is 2.67. The lowest BCUT2D eigenvalue weighted by Gasteiger charge is -2.07. The van der Waals surface area contributed by atoms with Crippen molar-refractivity contribution in [2.24, 2.45) is 0 Å². The lowest BCUT2D eigenvalue weighted by molar-refractivity contribution is 0.250. The minimum Gasteiger partial charge on any atom is -0.484 e. The zero-order valence-electron chi connectivity index (χ0n) is 15.8. The van der Waals surface area contributed by atoms with Gasteiger partial charge in [0.2, 0.25) is 11.7 Å². The first-order valence-corrected chi connectivity index (χ1v) is 10.6. The number of aromatic nitrogens is 4. The quantitative estimate of drug-likeness (QED) is 0.331. The lowest BCUT2D eigenvalue weighted by Crippen LogP contribution is -1.97. The van der Waals surface area contributed by atoms with Crippen molar-refractivity contribution in [2.75, 3.05) is 0 Å². The van der Waals surface area contributed by atoms with E-state index in [-0.39, 0.29) is 6.61 Å². The molecule has 0 aliphatic carbocycles. The Morgan fingerprint density at radius 1 is 1.07 bits per heavy atom. The summed E-state index contributed by atoms with van der Waals surface area (Å²) in [7, 11) is 0. The Bertz CT molecular complexity index is 1130. The Kier molecular flexibility index (Phi) is 5.96. The molecule has 0 saturated carbocycles.